The van der Waals surface area contributed by atoms with Crippen molar-refractivity contribution in [2.24, 2.45) is 5.73 Å². The minimum Gasteiger partial charge on any atom is -0.345 e. The number of hydrogen-bond acceptors (Lipinski definition) is 4. The van der Waals surface area contributed by atoms with E-state index in [2.05, 4.69) is 15.3 Å². The van der Waals surface area contributed by atoms with Crippen LogP contribution in [0.15, 0.2) is 12.4 Å². The Morgan fingerprint density at radius 3 is 2.56 bits per heavy atom. The highest BCUT2D eigenvalue weighted by atomic mass is 16.2. The highest BCUT2D eigenvalue weighted by Gasteiger charge is 2.66. The smallest absolute Gasteiger partial charge is 0.271 e. The molecule has 5 heteroatoms. The van der Waals surface area contributed by atoms with E-state index >= 15 is 0 Å². The molecule has 0 spiro atoms. The SMILES string of the molecule is Cc1cnc(C(=O)NC23CC(N)(C2)C3)cn1. The highest BCUT2D eigenvalue weighted by molar-refractivity contribution is 5.92. The summed E-state index contributed by atoms with van der Waals surface area (Å²) in [7, 11) is 0. The molecule has 0 radical (unpaired) electrons. The van der Waals surface area contributed by atoms with Gasteiger partial charge >= 0.3 is 0 Å². The molecule has 1 aromatic heterocycles. The third kappa shape index (κ3) is 1.31. The van der Waals surface area contributed by atoms with Crippen LogP contribution in [0.25, 0.3) is 0 Å². The van der Waals surface area contributed by atoms with Crippen molar-refractivity contribution < 1.29 is 4.79 Å². The molecule has 1 heterocycles. The Morgan fingerprint density at radius 1 is 1.38 bits per heavy atom. The maximum absolute atomic E-state index is 11.8. The van der Waals surface area contributed by atoms with E-state index in [9.17, 15) is 4.79 Å². The summed E-state index contributed by atoms with van der Waals surface area (Å²) in [5, 5.41) is 3.00. The zero-order chi connectivity index (χ0) is 11.4. The van der Waals surface area contributed by atoms with Gasteiger partial charge in [-0.15, -0.1) is 0 Å². The topological polar surface area (TPSA) is 80.9 Å². The van der Waals surface area contributed by atoms with E-state index in [1.54, 1.807) is 6.20 Å². The largest absolute Gasteiger partial charge is 0.345 e. The maximum atomic E-state index is 11.8. The molecule has 3 aliphatic rings. The molecular formula is C11H14N4O. The molecule has 5 nitrogen and oxygen atoms in total. The van der Waals surface area contributed by atoms with Gasteiger partial charge in [0.05, 0.1) is 11.9 Å². The van der Waals surface area contributed by atoms with Gasteiger partial charge in [-0.05, 0) is 26.2 Å². The second-order valence-electron chi connectivity index (χ2n) is 5.17. The number of aryl methyl sites for hydroxylation is 1. The normalized spacial score (nSPS) is 34.9. The molecule has 1 amide bonds. The van der Waals surface area contributed by atoms with Crippen LogP contribution in [0.2, 0.25) is 0 Å². The molecule has 2 bridgehead atoms. The minimum absolute atomic E-state index is 0.00619. The van der Waals surface area contributed by atoms with E-state index in [0.717, 1.165) is 25.0 Å². The number of aromatic nitrogens is 2. The number of nitrogens with one attached hydrogen (secondary N) is 1. The Hall–Kier alpha value is -1.49. The summed E-state index contributed by atoms with van der Waals surface area (Å²) in [6, 6.07) is 0. The quantitative estimate of drug-likeness (QED) is 0.740. The summed E-state index contributed by atoms with van der Waals surface area (Å²) in [6.07, 6.45) is 5.79. The predicted molar refractivity (Wildman–Crippen MR) is 57.7 cm³/mol. The number of hydrogen-bond donors (Lipinski definition) is 2. The summed E-state index contributed by atoms with van der Waals surface area (Å²) >= 11 is 0. The number of carbonyl (C=O) groups excluding carboxylic acids is 1. The van der Waals surface area contributed by atoms with Gasteiger partial charge in [0.15, 0.2) is 0 Å². The molecule has 84 valence electrons. The van der Waals surface area contributed by atoms with E-state index in [4.69, 9.17) is 5.73 Å². The number of amides is 1. The van der Waals surface area contributed by atoms with Crippen LogP contribution >= 0.6 is 0 Å². The number of rotatable bonds is 2. The minimum atomic E-state index is -0.144. The Kier molecular flexibility index (Phi) is 1.70. The van der Waals surface area contributed by atoms with Crippen molar-refractivity contribution >= 4 is 5.91 Å². The molecule has 0 atom stereocenters. The molecule has 0 aromatic carbocycles. The lowest BCUT2D eigenvalue weighted by atomic mass is 9.44. The molecule has 0 aliphatic heterocycles. The Bertz CT molecular complexity index is 434. The van der Waals surface area contributed by atoms with Crippen LogP contribution in [0.1, 0.15) is 35.4 Å². The van der Waals surface area contributed by atoms with E-state index < -0.39 is 0 Å². The zero-order valence-electron chi connectivity index (χ0n) is 9.16. The van der Waals surface area contributed by atoms with E-state index in [1.165, 1.54) is 6.20 Å². The van der Waals surface area contributed by atoms with Gasteiger partial charge in [0.2, 0.25) is 0 Å². The fraction of sp³-hybridized carbons (Fsp3) is 0.545. The van der Waals surface area contributed by atoms with Gasteiger partial charge in [-0.3, -0.25) is 9.78 Å². The van der Waals surface area contributed by atoms with Gasteiger partial charge < -0.3 is 11.1 Å². The van der Waals surface area contributed by atoms with Gasteiger partial charge in [0.1, 0.15) is 5.69 Å². The van der Waals surface area contributed by atoms with Gasteiger partial charge in [-0.1, -0.05) is 0 Å². The van der Waals surface area contributed by atoms with Crippen molar-refractivity contribution in [3.8, 4) is 0 Å². The van der Waals surface area contributed by atoms with Gasteiger partial charge in [-0.25, -0.2) is 4.98 Å². The van der Waals surface area contributed by atoms with Crippen LogP contribution in [0.5, 0.6) is 0 Å². The van der Waals surface area contributed by atoms with Gasteiger partial charge in [-0.2, -0.15) is 0 Å². The van der Waals surface area contributed by atoms with Gasteiger partial charge in [0.25, 0.3) is 5.91 Å². The first-order valence-corrected chi connectivity index (χ1v) is 5.41. The molecule has 1 aromatic rings. The standard InChI is InChI=1S/C11H14N4O/c1-7-2-14-8(3-13-7)9(16)15-11-4-10(12,5-11)6-11/h2-3H,4-6,12H2,1H3,(H,15,16). The van der Waals surface area contributed by atoms with Crippen LogP contribution in [0.4, 0.5) is 0 Å². The summed E-state index contributed by atoms with van der Waals surface area (Å²) < 4.78 is 0. The van der Waals surface area contributed by atoms with E-state index in [0.29, 0.717) is 5.69 Å². The predicted octanol–water partition coefficient (Wildman–Crippen LogP) is 0.149. The highest BCUT2D eigenvalue weighted by Crippen LogP contribution is 2.58. The summed E-state index contributed by atoms with van der Waals surface area (Å²) in [6.45, 7) is 1.84. The fourth-order valence-corrected chi connectivity index (χ4v) is 2.81. The van der Waals surface area contributed by atoms with E-state index in [1.807, 2.05) is 6.92 Å². The lowest BCUT2D eigenvalue weighted by Gasteiger charge is -2.68. The molecule has 4 rings (SSSR count). The molecule has 0 unspecified atom stereocenters. The van der Waals surface area contributed by atoms with Crippen molar-refractivity contribution in [1.82, 2.24) is 15.3 Å². The summed E-state index contributed by atoms with van der Waals surface area (Å²) in [5.41, 5.74) is 7.08. The number of nitrogens with two attached hydrogens (primary N) is 1. The van der Waals surface area contributed by atoms with E-state index in [-0.39, 0.29) is 17.0 Å². The van der Waals surface area contributed by atoms with Crippen molar-refractivity contribution in [3.05, 3.63) is 23.8 Å². The maximum Gasteiger partial charge on any atom is 0.271 e. The van der Waals surface area contributed by atoms with Crippen LogP contribution in [0.3, 0.4) is 0 Å². The number of carbonyl (C=O) groups is 1. The van der Waals surface area contributed by atoms with Crippen LogP contribution < -0.4 is 11.1 Å². The van der Waals surface area contributed by atoms with Crippen molar-refractivity contribution in [2.45, 2.75) is 37.3 Å². The monoisotopic (exact) mass is 218 g/mol. The summed E-state index contributed by atoms with van der Waals surface area (Å²) in [4.78, 5) is 19.9. The molecule has 0 saturated heterocycles. The Balaban J connectivity index is 1.68. The summed E-state index contributed by atoms with van der Waals surface area (Å²) in [5.74, 6) is -0.144. The van der Waals surface area contributed by atoms with Crippen molar-refractivity contribution in [2.75, 3.05) is 0 Å². The lowest BCUT2D eigenvalue weighted by Crippen LogP contribution is -2.82. The van der Waals surface area contributed by atoms with Gasteiger partial charge in [0, 0.05) is 17.3 Å². The second-order valence-corrected chi connectivity index (χ2v) is 5.17. The molecule has 3 fully saturated rings. The molecule has 16 heavy (non-hydrogen) atoms. The van der Waals surface area contributed by atoms with Crippen LogP contribution in [0, 0.1) is 6.92 Å². The molecular weight excluding hydrogens is 204 g/mol. The average Bonchev–Trinajstić information content (AvgIpc) is 2.14. The third-order valence-corrected chi connectivity index (χ3v) is 3.46. The average molecular weight is 218 g/mol. The third-order valence-electron chi connectivity index (χ3n) is 3.46. The van der Waals surface area contributed by atoms with Crippen LogP contribution in [-0.4, -0.2) is 27.0 Å². The second kappa shape index (κ2) is 2.79. The Labute approximate surface area is 93.5 Å². The first kappa shape index (κ1) is 9.72. The van der Waals surface area contributed by atoms with Crippen molar-refractivity contribution in [1.29, 1.82) is 0 Å². The zero-order valence-corrected chi connectivity index (χ0v) is 9.16. The molecule has 3 aliphatic carbocycles. The number of nitrogens with zero attached hydrogens (tertiary/aromatic N) is 2. The first-order valence-electron chi connectivity index (χ1n) is 5.41. The molecule has 3 saturated carbocycles. The Morgan fingerprint density at radius 2 is 2.06 bits per heavy atom. The molecule has 3 N–H and O–H groups in total. The van der Waals surface area contributed by atoms with Crippen LogP contribution in [-0.2, 0) is 0 Å². The lowest BCUT2D eigenvalue weighted by molar-refractivity contribution is -0.0713. The van der Waals surface area contributed by atoms with Crippen molar-refractivity contribution in [3.63, 3.8) is 0 Å². The first-order chi connectivity index (χ1) is 7.50. The fourth-order valence-electron chi connectivity index (χ4n) is 2.81.